The summed E-state index contributed by atoms with van der Waals surface area (Å²) in [6.45, 7) is -0.531. The third-order valence-electron chi connectivity index (χ3n) is 1.82. The Morgan fingerprint density at radius 2 is 2.12 bits per heavy atom. The van der Waals surface area contributed by atoms with Crippen molar-refractivity contribution in [3.63, 3.8) is 0 Å². The topological polar surface area (TPSA) is 65.4 Å². The molecule has 0 amide bonds. The highest BCUT2D eigenvalue weighted by molar-refractivity contribution is 5.38. The molecule has 0 spiro atoms. The van der Waals surface area contributed by atoms with E-state index in [0.717, 1.165) is 18.3 Å². The first kappa shape index (κ1) is 12.7. The van der Waals surface area contributed by atoms with Gasteiger partial charge in [-0.3, -0.25) is 0 Å². The van der Waals surface area contributed by atoms with Crippen molar-refractivity contribution in [3.05, 3.63) is 23.9 Å². The maximum absolute atomic E-state index is 12.3. The number of anilines is 1. The Morgan fingerprint density at radius 3 is 2.69 bits per heavy atom. The van der Waals surface area contributed by atoms with E-state index in [0.29, 0.717) is 0 Å². The van der Waals surface area contributed by atoms with Crippen LogP contribution in [0.4, 0.5) is 19.0 Å². The summed E-state index contributed by atoms with van der Waals surface area (Å²) in [5.41, 5.74) is -0.816. The standard InChI is InChI=1S/C9H11F3N2O2/c10-9(11,12)6-1-2-13-8(3-6)14-4-7(16)5-15/h1-3,7,15-16H,4-5H2,(H,13,14). The van der Waals surface area contributed by atoms with Crippen LogP contribution in [0.5, 0.6) is 0 Å². The molecule has 0 fully saturated rings. The van der Waals surface area contributed by atoms with Crippen LogP contribution in [0.25, 0.3) is 0 Å². The molecule has 0 saturated heterocycles. The van der Waals surface area contributed by atoms with Gasteiger partial charge in [0, 0.05) is 12.7 Å². The maximum atomic E-state index is 12.3. The van der Waals surface area contributed by atoms with Gasteiger partial charge in [-0.15, -0.1) is 0 Å². The number of rotatable bonds is 4. The smallest absolute Gasteiger partial charge is 0.394 e. The summed E-state index contributed by atoms with van der Waals surface area (Å²) in [4.78, 5) is 3.66. The number of nitrogens with one attached hydrogen (secondary N) is 1. The van der Waals surface area contributed by atoms with Gasteiger partial charge in [0.25, 0.3) is 0 Å². The SMILES string of the molecule is OCC(O)CNc1cc(C(F)(F)F)ccn1. The van der Waals surface area contributed by atoms with Crippen LogP contribution in [0.1, 0.15) is 5.56 Å². The summed E-state index contributed by atoms with van der Waals surface area (Å²) in [6, 6.07) is 1.69. The molecule has 0 saturated carbocycles. The number of pyridine rings is 1. The second-order valence-electron chi connectivity index (χ2n) is 3.14. The van der Waals surface area contributed by atoms with E-state index in [1.165, 1.54) is 0 Å². The zero-order valence-corrected chi connectivity index (χ0v) is 8.20. The van der Waals surface area contributed by atoms with E-state index in [2.05, 4.69) is 10.3 Å². The summed E-state index contributed by atoms with van der Waals surface area (Å²) >= 11 is 0. The van der Waals surface area contributed by atoms with Gasteiger partial charge in [-0.1, -0.05) is 0 Å². The van der Waals surface area contributed by atoms with Gasteiger partial charge in [0.1, 0.15) is 5.82 Å². The van der Waals surface area contributed by atoms with Crippen molar-refractivity contribution in [3.8, 4) is 0 Å². The predicted molar refractivity (Wildman–Crippen MR) is 50.8 cm³/mol. The van der Waals surface area contributed by atoms with Crippen LogP contribution in [0.15, 0.2) is 18.3 Å². The molecule has 1 aromatic rings. The van der Waals surface area contributed by atoms with Gasteiger partial charge in [0.05, 0.1) is 18.3 Å². The molecule has 1 atom stereocenters. The van der Waals surface area contributed by atoms with E-state index in [4.69, 9.17) is 10.2 Å². The van der Waals surface area contributed by atoms with Gasteiger partial charge in [0.15, 0.2) is 0 Å². The third-order valence-corrected chi connectivity index (χ3v) is 1.82. The number of hydrogen-bond acceptors (Lipinski definition) is 4. The molecule has 7 heteroatoms. The average Bonchev–Trinajstić information content (AvgIpc) is 2.25. The second-order valence-corrected chi connectivity index (χ2v) is 3.14. The zero-order chi connectivity index (χ0) is 12.2. The highest BCUT2D eigenvalue weighted by atomic mass is 19.4. The molecule has 0 aliphatic rings. The van der Waals surface area contributed by atoms with E-state index in [9.17, 15) is 13.2 Å². The number of halogens is 3. The summed E-state index contributed by atoms with van der Waals surface area (Å²) in [6.07, 6.45) is -4.43. The Morgan fingerprint density at radius 1 is 1.44 bits per heavy atom. The molecule has 0 bridgehead atoms. The van der Waals surface area contributed by atoms with Gasteiger partial charge >= 0.3 is 6.18 Å². The Bertz CT molecular complexity index is 344. The number of aliphatic hydroxyl groups excluding tert-OH is 2. The third kappa shape index (κ3) is 3.67. The summed E-state index contributed by atoms with van der Waals surface area (Å²) in [5.74, 6) is 0.00215. The van der Waals surface area contributed by atoms with E-state index < -0.39 is 24.5 Å². The van der Waals surface area contributed by atoms with Crippen molar-refractivity contribution >= 4 is 5.82 Å². The van der Waals surface area contributed by atoms with Gasteiger partial charge in [-0.2, -0.15) is 13.2 Å². The second kappa shape index (κ2) is 5.13. The molecule has 1 rings (SSSR count). The monoisotopic (exact) mass is 236 g/mol. The first-order valence-corrected chi connectivity index (χ1v) is 4.49. The molecule has 16 heavy (non-hydrogen) atoms. The van der Waals surface area contributed by atoms with Crippen LogP contribution in [0.3, 0.4) is 0 Å². The van der Waals surface area contributed by atoms with Crippen molar-refractivity contribution in [2.45, 2.75) is 12.3 Å². The summed E-state index contributed by atoms with van der Waals surface area (Å²) in [5, 5.41) is 20.0. The number of nitrogens with zero attached hydrogens (tertiary/aromatic N) is 1. The number of aromatic nitrogens is 1. The number of aliphatic hydroxyl groups is 2. The van der Waals surface area contributed by atoms with E-state index in [-0.39, 0.29) is 12.4 Å². The lowest BCUT2D eigenvalue weighted by atomic mass is 10.2. The van der Waals surface area contributed by atoms with Crippen molar-refractivity contribution in [1.29, 1.82) is 0 Å². The molecule has 0 aliphatic heterocycles. The van der Waals surface area contributed by atoms with Crippen LogP contribution in [-0.2, 0) is 6.18 Å². The lowest BCUT2D eigenvalue weighted by Gasteiger charge is -2.11. The predicted octanol–water partition coefficient (Wildman–Crippen LogP) is 0.866. The Balaban J connectivity index is 2.68. The molecule has 1 heterocycles. The van der Waals surface area contributed by atoms with Gasteiger partial charge in [-0.05, 0) is 12.1 Å². The molecule has 1 unspecified atom stereocenters. The number of hydrogen-bond donors (Lipinski definition) is 3. The largest absolute Gasteiger partial charge is 0.416 e. The van der Waals surface area contributed by atoms with Crippen LogP contribution in [-0.4, -0.2) is 34.5 Å². The van der Waals surface area contributed by atoms with Crippen LogP contribution in [0.2, 0.25) is 0 Å². The minimum Gasteiger partial charge on any atom is -0.394 e. The minimum atomic E-state index is -4.42. The zero-order valence-electron chi connectivity index (χ0n) is 8.20. The van der Waals surface area contributed by atoms with Crippen molar-refractivity contribution in [2.24, 2.45) is 0 Å². The molecule has 3 N–H and O–H groups in total. The fourth-order valence-corrected chi connectivity index (χ4v) is 0.990. The molecular weight excluding hydrogens is 225 g/mol. The van der Waals surface area contributed by atoms with Gasteiger partial charge in [0.2, 0.25) is 0 Å². The van der Waals surface area contributed by atoms with Gasteiger partial charge in [-0.25, -0.2) is 4.98 Å². The fourth-order valence-electron chi connectivity index (χ4n) is 0.990. The molecule has 90 valence electrons. The lowest BCUT2D eigenvalue weighted by Crippen LogP contribution is -2.23. The normalized spacial score (nSPS) is 13.6. The quantitative estimate of drug-likeness (QED) is 0.725. The molecule has 4 nitrogen and oxygen atoms in total. The first-order valence-electron chi connectivity index (χ1n) is 4.49. The van der Waals surface area contributed by atoms with E-state index in [1.54, 1.807) is 0 Å². The van der Waals surface area contributed by atoms with Crippen LogP contribution in [0, 0.1) is 0 Å². The van der Waals surface area contributed by atoms with Crippen molar-refractivity contribution < 1.29 is 23.4 Å². The number of alkyl halides is 3. The van der Waals surface area contributed by atoms with Crippen LogP contribution < -0.4 is 5.32 Å². The first-order chi connectivity index (χ1) is 7.43. The van der Waals surface area contributed by atoms with E-state index >= 15 is 0 Å². The molecular formula is C9H11F3N2O2. The fraction of sp³-hybridized carbons (Fsp3) is 0.444. The molecule has 1 aromatic heterocycles. The van der Waals surface area contributed by atoms with E-state index in [1.807, 2.05) is 0 Å². The molecule has 0 aliphatic carbocycles. The van der Waals surface area contributed by atoms with Crippen LogP contribution >= 0.6 is 0 Å². The highest BCUT2D eigenvalue weighted by Gasteiger charge is 2.30. The molecule has 0 radical (unpaired) electrons. The average molecular weight is 236 g/mol. The Kier molecular flexibility index (Phi) is 4.08. The summed E-state index contributed by atoms with van der Waals surface area (Å²) < 4.78 is 36.9. The van der Waals surface area contributed by atoms with Gasteiger partial charge < -0.3 is 15.5 Å². The molecule has 0 aromatic carbocycles. The maximum Gasteiger partial charge on any atom is 0.416 e. The minimum absolute atomic E-state index is 0.00215. The summed E-state index contributed by atoms with van der Waals surface area (Å²) in [7, 11) is 0. The Labute approximate surface area is 89.7 Å². The highest BCUT2D eigenvalue weighted by Crippen LogP contribution is 2.29. The Hall–Kier alpha value is -1.34. The van der Waals surface area contributed by atoms with Crippen molar-refractivity contribution in [1.82, 2.24) is 4.98 Å². The lowest BCUT2D eigenvalue weighted by molar-refractivity contribution is -0.137. The van der Waals surface area contributed by atoms with Crippen molar-refractivity contribution in [2.75, 3.05) is 18.5 Å².